The second-order valence-corrected chi connectivity index (χ2v) is 8.64. The van der Waals surface area contributed by atoms with Gasteiger partial charge in [-0.05, 0) is 62.2 Å². The van der Waals surface area contributed by atoms with Crippen LogP contribution >= 0.6 is 0 Å². The molecule has 4 aliphatic rings. The van der Waals surface area contributed by atoms with E-state index in [1.54, 1.807) is 0 Å². The maximum Gasteiger partial charge on any atom is 0.307 e. The van der Waals surface area contributed by atoms with Crippen molar-refractivity contribution in [3.05, 3.63) is 23.3 Å². The summed E-state index contributed by atoms with van der Waals surface area (Å²) in [7, 11) is 0. The molecule has 22 heavy (non-hydrogen) atoms. The summed E-state index contributed by atoms with van der Waals surface area (Å²) >= 11 is 0. The molecule has 0 amide bonds. The smallest absolute Gasteiger partial charge is 0.307 e. The third kappa shape index (κ3) is 1.82. The van der Waals surface area contributed by atoms with Crippen LogP contribution in [0.2, 0.25) is 0 Å². The van der Waals surface area contributed by atoms with E-state index in [4.69, 9.17) is 0 Å². The highest BCUT2D eigenvalue weighted by Gasteiger charge is 2.56. The highest BCUT2D eigenvalue weighted by Crippen LogP contribution is 2.64. The molecule has 0 bridgehead atoms. The predicted molar refractivity (Wildman–Crippen MR) is 87.4 cm³/mol. The zero-order valence-electron chi connectivity index (χ0n) is 13.9. The molecule has 120 valence electrons. The highest BCUT2D eigenvalue weighted by atomic mass is 16.4. The third-order valence-corrected chi connectivity index (χ3v) is 7.55. The molecular formula is C20H28O2. The topological polar surface area (TPSA) is 37.3 Å². The Kier molecular flexibility index (Phi) is 3.12. The molecule has 1 N–H and O–H groups in total. The molecular weight excluding hydrogens is 272 g/mol. The minimum atomic E-state index is -0.569. The molecule has 0 aromatic carbocycles. The number of carboxylic acids is 1. The first-order valence-corrected chi connectivity index (χ1v) is 9.08. The van der Waals surface area contributed by atoms with Gasteiger partial charge in [0.05, 0.1) is 5.92 Å². The van der Waals surface area contributed by atoms with Crippen molar-refractivity contribution in [2.75, 3.05) is 0 Å². The van der Waals surface area contributed by atoms with Gasteiger partial charge >= 0.3 is 5.97 Å². The maximum absolute atomic E-state index is 12.0. The van der Waals surface area contributed by atoms with E-state index in [2.05, 4.69) is 26.0 Å². The number of carbonyl (C=O) groups is 1. The fraction of sp³-hybridized carbons (Fsp3) is 0.750. The second-order valence-electron chi connectivity index (χ2n) is 8.64. The predicted octanol–water partition coefficient (Wildman–Crippen LogP) is 4.96. The normalized spacial score (nSPS) is 46.9. The largest absolute Gasteiger partial charge is 0.481 e. The van der Waals surface area contributed by atoms with E-state index < -0.39 is 5.97 Å². The summed E-state index contributed by atoms with van der Waals surface area (Å²) in [5.41, 5.74) is 3.45. The van der Waals surface area contributed by atoms with Gasteiger partial charge in [-0.15, -0.1) is 0 Å². The van der Waals surface area contributed by atoms with Gasteiger partial charge in [-0.1, -0.05) is 43.6 Å². The highest BCUT2D eigenvalue weighted by molar-refractivity contribution is 5.73. The first-order chi connectivity index (χ1) is 10.5. The van der Waals surface area contributed by atoms with Crippen LogP contribution in [-0.4, -0.2) is 11.1 Å². The molecule has 0 heterocycles. The Hall–Kier alpha value is -1.05. The van der Waals surface area contributed by atoms with Crippen molar-refractivity contribution in [2.45, 2.75) is 65.2 Å². The van der Waals surface area contributed by atoms with Crippen molar-refractivity contribution in [1.82, 2.24) is 0 Å². The second kappa shape index (κ2) is 4.72. The number of hydrogen-bond acceptors (Lipinski definition) is 1. The Bertz CT molecular complexity index is 572. The van der Waals surface area contributed by atoms with Gasteiger partial charge in [0, 0.05) is 5.41 Å². The van der Waals surface area contributed by atoms with Crippen LogP contribution in [0.4, 0.5) is 0 Å². The lowest BCUT2D eigenvalue weighted by atomic mass is 9.49. The molecule has 0 radical (unpaired) electrons. The lowest BCUT2D eigenvalue weighted by Crippen LogP contribution is -2.48. The minimum Gasteiger partial charge on any atom is -0.481 e. The molecule has 0 saturated heterocycles. The zero-order valence-corrected chi connectivity index (χ0v) is 13.9. The maximum atomic E-state index is 12.0. The molecule has 2 heteroatoms. The van der Waals surface area contributed by atoms with Gasteiger partial charge in [0.2, 0.25) is 0 Å². The Morgan fingerprint density at radius 3 is 2.82 bits per heavy atom. The molecule has 0 spiro atoms. The van der Waals surface area contributed by atoms with Crippen LogP contribution in [0.1, 0.15) is 65.2 Å². The Labute approximate surface area is 133 Å². The fourth-order valence-electron chi connectivity index (χ4n) is 6.27. The summed E-state index contributed by atoms with van der Waals surface area (Å²) in [5, 5.41) is 9.90. The van der Waals surface area contributed by atoms with Crippen LogP contribution in [-0.2, 0) is 4.79 Å². The van der Waals surface area contributed by atoms with Crippen molar-refractivity contribution in [3.8, 4) is 0 Å². The van der Waals surface area contributed by atoms with Crippen LogP contribution in [0.15, 0.2) is 23.3 Å². The van der Waals surface area contributed by atoms with Crippen LogP contribution in [0.3, 0.4) is 0 Å². The molecule has 2 nitrogen and oxygen atoms in total. The summed E-state index contributed by atoms with van der Waals surface area (Å²) < 4.78 is 0. The SMILES string of the molecule is C[C@]12CCCC=C1CC(C(=O)O)[C@@H]1C2=CC[C@]2(C)CCC[C@@H]12. The molecule has 2 saturated carbocycles. The minimum absolute atomic E-state index is 0.165. The summed E-state index contributed by atoms with van der Waals surface area (Å²) in [4.78, 5) is 12.0. The van der Waals surface area contributed by atoms with Crippen LogP contribution < -0.4 is 0 Å². The van der Waals surface area contributed by atoms with Gasteiger partial charge < -0.3 is 5.11 Å². The molecule has 1 unspecified atom stereocenters. The van der Waals surface area contributed by atoms with Crippen molar-refractivity contribution in [3.63, 3.8) is 0 Å². The van der Waals surface area contributed by atoms with Gasteiger partial charge in [0.25, 0.3) is 0 Å². The standard InChI is InChI=1S/C20H28O2/c1-19-9-5-7-15(19)17-14(18(21)22)12-13-6-3-4-10-20(13,2)16(17)8-11-19/h6,8,14-15,17H,3-5,7,9-12H2,1-2H3,(H,21,22)/t14?,15-,17-,19-,20-/m0/s1. The van der Waals surface area contributed by atoms with Crippen LogP contribution in [0, 0.1) is 28.6 Å². The molecule has 4 aliphatic carbocycles. The quantitative estimate of drug-likeness (QED) is 0.695. The first-order valence-electron chi connectivity index (χ1n) is 9.08. The Morgan fingerprint density at radius 2 is 2.05 bits per heavy atom. The van der Waals surface area contributed by atoms with E-state index in [9.17, 15) is 9.90 Å². The summed E-state index contributed by atoms with van der Waals surface area (Å²) in [6, 6.07) is 0. The number of aliphatic carboxylic acids is 1. The number of hydrogen-bond donors (Lipinski definition) is 1. The molecule has 0 aromatic rings. The molecule has 0 aliphatic heterocycles. The van der Waals surface area contributed by atoms with E-state index in [1.165, 1.54) is 49.7 Å². The van der Waals surface area contributed by atoms with Gasteiger partial charge in [-0.25, -0.2) is 0 Å². The van der Waals surface area contributed by atoms with E-state index in [0.717, 1.165) is 12.8 Å². The van der Waals surface area contributed by atoms with Crippen LogP contribution in [0.25, 0.3) is 0 Å². The van der Waals surface area contributed by atoms with Gasteiger partial charge in [0.1, 0.15) is 0 Å². The average molecular weight is 300 g/mol. The molecule has 2 fully saturated rings. The average Bonchev–Trinajstić information content (AvgIpc) is 2.87. The van der Waals surface area contributed by atoms with Crippen molar-refractivity contribution in [1.29, 1.82) is 0 Å². The Morgan fingerprint density at radius 1 is 1.23 bits per heavy atom. The number of carboxylic acid groups (broad SMARTS) is 1. The van der Waals surface area contributed by atoms with E-state index in [1.807, 2.05) is 0 Å². The number of rotatable bonds is 1. The lowest BCUT2D eigenvalue weighted by Gasteiger charge is -2.54. The lowest BCUT2D eigenvalue weighted by molar-refractivity contribution is -0.145. The van der Waals surface area contributed by atoms with Gasteiger partial charge in [-0.2, -0.15) is 0 Å². The molecule has 0 aromatic heterocycles. The fourth-order valence-corrected chi connectivity index (χ4v) is 6.27. The monoisotopic (exact) mass is 300 g/mol. The van der Waals surface area contributed by atoms with E-state index >= 15 is 0 Å². The Balaban J connectivity index is 1.84. The number of fused-ring (bicyclic) bond motifs is 5. The number of allylic oxidation sites excluding steroid dienone is 4. The molecule has 4 rings (SSSR count). The van der Waals surface area contributed by atoms with Crippen molar-refractivity contribution >= 4 is 5.97 Å². The van der Waals surface area contributed by atoms with Crippen molar-refractivity contribution in [2.24, 2.45) is 28.6 Å². The van der Waals surface area contributed by atoms with E-state index in [0.29, 0.717) is 17.3 Å². The van der Waals surface area contributed by atoms with Crippen LogP contribution in [0.5, 0.6) is 0 Å². The van der Waals surface area contributed by atoms with Crippen molar-refractivity contribution < 1.29 is 9.90 Å². The third-order valence-electron chi connectivity index (χ3n) is 7.55. The van der Waals surface area contributed by atoms with Gasteiger partial charge in [-0.3, -0.25) is 4.79 Å². The summed E-state index contributed by atoms with van der Waals surface area (Å²) in [6.07, 6.45) is 14.2. The first kappa shape index (κ1) is 14.5. The van der Waals surface area contributed by atoms with E-state index in [-0.39, 0.29) is 11.3 Å². The summed E-state index contributed by atoms with van der Waals surface area (Å²) in [6.45, 7) is 4.80. The zero-order chi connectivity index (χ0) is 15.5. The summed E-state index contributed by atoms with van der Waals surface area (Å²) in [5.74, 6) is 0.125. The molecule has 5 atom stereocenters. The van der Waals surface area contributed by atoms with Gasteiger partial charge in [0.15, 0.2) is 0 Å².